The summed E-state index contributed by atoms with van der Waals surface area (Å²) in [6.45, 7) is 3.75. The number of amides is 2. The van der Waals surface area contributed by atoms with Crippen molar-refractivity contribution in [2.24, 2.45) is 0 Å². The van der Waals surface area contributed by atoms with Gasteiger partial charge in [-0.05, 0) is 37.6 Å². The van der Waals surface area contributed by atoms with Gasteiger partial charge in [0.15, 0.2) is 11.6 Å². The van der Waals surface area contributed by atoms with Gasteiger partial charge in [0.2, 0.25) is 5.88 Å². The normalized spacial score (nSPS) is 10.2. The van der Waals surface area contributed by atoms with Gasteiger partial charge in [0.1, 0.15) is 0 Å². The summed E-state index contributed by atoms with van der Waals surface area (Å²) in [7, 11) is 0. The quantitative estimate of drug-likeness (QED) is 0.754. The van der Waals surface area contributed by atoms with E-state index in [0.717, 1.165) is 11.3 Å². The average molecular weight is 335 g/mol. The van der Waals surface area contributed by atoms with Gasteiger partial charge >= 0.3 is 6.03 Å². The largest absolute Gasteiger partial charge is 0.437 e. The van der Waals surface area contributed by atoms with Crippen LogP contribution < -0.4 is 15.4 Å². The molecule has 0 aliphatic carbocycles. The number of ether oxygens (including phenoxy) is 1. The van der Waals surface area contributed by atoms with E-state index >= 15 is 0 Å². The van der Waals surface area contributed by atoms with Crippen LogP contribution in [0.3, 0.4) is 0 Å². The Hall–Kier alpha value is -3.48. The average Bonchev–Trinajstić information content (AvgIpc) is 2.60. The van der Waals surface area contributed by atoms with Gasteiger partial charge in [-0.2, -0.15) is 0 Å². The Kier molecular flexibility index (Phi) is 4.84. The number of nitrogens with one attached hydrogen (secondary N) is 2. The minimum atomic E-state index is -0.436. The van der Waals surface area contributed by atoms with Crippen LogP contribution in [-0.2, 0) is 0 Å². The molecule has 3 rings (SSSR count). The number of rotatable bonds is 4. The molecule has 1 aromatic carbocycles. The Morgan fingerprint density at radius 1 is 1.00 bits per heavy atom. The van der Waals surface area contributed by atoms with Crippen LogP contribution in [0.4, 0.5) is 16.3 Å². The Balaban J connectivity index is 1.75. The fourth-order valence-electron chi connectivity index (χ4n) is 2.08. The second-order valence-electron chi connectivity index (χ2n) is 5.39. The van der Waals surface area contributed by atoms with Crippen LogP contribution in [0, 0.1) is 13.8 Å². The number of benzene rings is 1. The fraction of sp³-hybridized carbons (Fsp3) is 0.111. The first-order chi connectivity index (χ1) is 12.1. The minimum absolute atomic E-state index is 0.364. The number of pyridine rings is 1. The summed E-state index contributed by atoms with van der Waals surface area (Å²) in [5, 5.41) is 5.40. The van der Waals surface area contributed by atoms with Gasteiger partial charge in [-0.15, -0.1) is 0 Å². The number of hydrogen-bond donors (Lipinski definition) is 2. The van der Waals surface area contributed by atoms with Crippen LogP contribution in [0.2, 0.25) is 0 Å². The number of carbonyl (C=O) groups is 1. The summed E-state index contributed by atoms with van der Waals surface area (Å²) in [4.78, 5) is 24.5. The third-order valence-electron chi connectivity index (χ3n) is 3.26. The molecular formula is C18H17N5O2. The van der Waals surface area contributed by atoms with Crippen molar-refractivity contribution in [1.29, 1.82) is 0 Å². The number of carbonyl (C=O) groups excluding carboxylic acids is 1. The van der Waals surface area contributed by atoms with Gasteiger partial charge in [-0.3, -0.25) is 10.3 Å². The second kappa shape index (κ2) is 7.39. The van der Waals surface area contributed by atoms with E-state index in [0.29, 0.717) is 23.1 Å². The zero-order valence-electron chi connectivity index (χ0n) is 13.9. The van der Waals surface area contributed by atoms with Crippen LogP contribution >= 0.6 is 0 Å². The summed E-state index contributed by atoms with van der Waals surface area (Å²) in [6, 6.07) is 10.4. The Bertz CT molecular complexity index is 866. The molecule has 7 nitrogen and oxygen atoms in total. The van der Waals surface area contributed by atoms with Crippen molar-refractivity contribution in [3.8, 4) is 11.6 Å². The van der Waals surface area contributed by atoms with Crippen molar-refractivity contribution in [3.63, 3.8) is 0 Å². The molecule has 0 aliphatic rings. The predicted molar refractivity (Wildman–Crippen MR) is 94.9 cm³/mol. The van der Waals surface area contributed by atoms with E-state index in [9.17, 15) is 4.79 Å². The topological polar surface area (TPSA) is 89.0 Å². The molecule has 0 unspecified atom stereocenters. The molecule has 0 spiro atoms. The molecule has 7 heteroatoms. The predicted octanol–water partition coefficient (Wildman–Crippen LogP) is 3.92. The van der Waals surface area contributed by atoms with E-state index in [-0.39, 0.29) is 0 Å². The van der Waals surface area contributed by atoms with Crippen molar-refractivity contribution in [2.75, 3.05) is 10.6 Å². The van der Waals surface area contributed by atoms with Gasteiger partial charge in [0.05, 0.1) is 23.8 Å². The molecule has 0 radical (unpaired) electrons. The molecule has 126 valence electrons. The van der Waals surface area contributed by atoms with Crippen LogP contribution in [0.1, 0.15) is 11.3 Å². The maximum absolute atomic E-state index is 12.2. The van der Waals surface area contributed by atoms with Crippen molar-refractivity contribution in [1.82, 2.24) is 15.0 Å². The lowest BCUT2D eigenvalue weighted by molar-refractivity contribution is 0.262. The molecule has 2 aromatic heterocycles. The van der Waals surface area contributed by atoms with Crippen LogP contribution in [0.25, 0.3) is 0 Å². The van der Waals surface area contributed by atoms with Crippen LogP contribution in [0.5, 0.6) is 11.6 Å². The Morgan fingerprint density at radius 2 is 1.88 bits per heavy atom. The number of hydrogen-bond acceptors (Lipinski definition) is 5. The Morgan fingerprint density at radius 3 is 2.60 bits per heavy atom. The molecule has 2 N–H and O–H groups in total. The van der Waals surface area contributed by atoms with Gasteiger partial charge < -0.3 is 10.1 Å². The molecule has 0 saturated carbocycles. The van der Waals surface area contributed by atoms with Gasteiger partial charge in [-0.25, -0.2) is 14.8 Å². The summed E-state index contributed by atoms with van der Waals surface area (Å²) in [5.41, 5.74) is 2.29. The molecule has 0 bridgehead atoms. The first-order valence-corrected chi connectivity index (χ1v) is 7.66. The summed E-state index contributed by atoms with van der Waals surface area (Å²) < 4.78 is 5.75. The summed E-state index contributed by atoms with van der Waals surface area (Å²) >= 11 is 0. The molecule has 0 fully saturated rings. The maximum Gasteiger partial charge on any atom is 0.325 e. The molecule has 2 heterocycles. The summed E-state index contributed by atoms with van der Waals surface area (Å²) in [6.07, 6.45) is 4.72. The zero-order valence-corrected chi connectivity index (χ0v) is 13.9. The van der Waals surface area contributed by atoms with Crippen molar-refractivity contribution < 1.29 is 9.53 Å². The molecular weight excluding hydrogens is 318 g/mol. The minimum Gasteiger partial charge on any atom is -0.437 e. The standard InChI is InChI=1S/C18H17N5O2/c1-12-6-7-15(25-17-5-3-4-8-19-17)14(9-12)22-18(24)23-16-11-20-13(2)10-21-16/h3-11H,1-2H3,(H2,21,22,23,24). The smallest absolute Gasteiger partial charge is 0.325 e. The lowest BCUT2D eigenvalue weighted by Crippen LogP contribution is -2.20. The van der Waals surface area contributed by atoms with Crippen molar-refractivity contribution in [3.05, 3.63) is 66.2 Å². The van der Waals surface area contributed by atoms with E-state index in [2.05, 4.69) is 25.6 Å². The molecule has 0 aliphatic heterocycles. The van der Waals surface area contributed by atoms with Crippen molar-refractivity contribution >= 4 is 17.5 Å². The highest BCUT2D eigenvalue weighted by Gasteiger charge is 2.10. The number of aryl methyl sites for hydroxylation is 2. The third kappa shape index (κ3) is 4.51. The summed E-state index contributed by atoms with van der Waals surface area (Å²) in [5.74, 6) is 1.30. The number of anilines is 2. The van der Waals surface area contributed by atoms with Gasteiger partial charge in [0.25, 0.3) is 0 Å². The molecule has 2 amide bonds. The second-order valence-corrected chi connectivity index (χ2v) is 5.39. The molecule has 3 aromatic rings. The van der Waals surface area contributed by atoms with Crippen LogP contribution in [-0.4, -0.2) is 21.0 Å². The van der Waals surface area contributed by atoms with E-state index < -0.39 is 6.03 Å². The van der Waals surface area contributed by atoms with E-state index in [1.54, 1.807) is 30.6 Å². The third-order valence-corrected chi connectivity index (χ3v) is 3.26. The number of nitrogens with zero attached hydrogens (tertiary/aromatic N) is 3. The van der Waals surface area contributed by atoms with Crippen molar-refractivity contribution in [2.45, 2.75) is 13.8 Å². The van der Waals surface area contributed by atoms with E-state index in [4.69, 9.17) is 4.74 Å². The number of urea groups is 1. The maximum atomic E-state index is 12.2. The van der Waals surface area contributed by atoms with E-state index in [1.807, 2.05) is 32.0 Å². The van der Waals surface area contributed by atoms with Gasteiger partial charge in [-0.1, -0.05) is 12.1 Å². The SMILES string of the molecule is Cc1ccc(Oc2ccccn2)c(NC(=O)Nc2cnc(C)cn2)c1. The number of aromatic nitrogens is 3. The lowest BCUT2D eigenvalue weighted by atomic mass is 10.2. The highest BCUT2D eigenvalue weighted by molar-refractivity contribution is 6.00. The Labute approximate surface area is 145 Å². The van der Waals surface area contributed by atoms with E-state index in [1.165, 1.54) is 6.20 Å². The zero-order chi connectivity index (χ0) is 17.6. The lowest BCUT2D eigenvalue weighted by Gasteiger charge is -2.13. The first-order valence-electron chi connectivity index (χ1n) is 7.66. The highest BCUT2D eigenvalue weighted by atomic mass is 16.5. The van der Waals surface area contributed by atoms with Crippen LogP contribution in [0.15, 0.2) is 55.0 Å². The molecule has 0 saturated heterocycles. The highest BCUT2D eigenvalue weighted by Crippen LogP contribution is 2.29. The first kappa shape index (κ1) is 16.4. The molecule has 25 heavy (non-hydrogen) atoms. The van der Waals surface area contributed by atoms with Gasteiger partial charge in [0, 0.05) is 12.3 Å². The fourth-order valence-corrected chi connectivity index (χ4v) is 2.08. The monoisotopic (exact) mass is 335 g/mol. The molecule has 0 atom stereocenters.